The van der Waals surface area contributed by atoms with Crippen LogP contribution in [0.1, 0.15) is 32.4 Å². The molecule has 2 rings (SSSR count). The van der Waals surface area contributed by atoms with Gasteiger partial charge in [-0.2, -0.15) is 0 Å². The Morgan fingerprint density at radius 2 is 1.88 bits per heavy atom. The van der Waals surface area contributed by atoms with Crippen LogP contribution >= 0.6 is 11.6 Å². The number of nitrogens with zero attached hydrogens (tertiary/aromatic N) is 1. The Hall–Kier alpha value is -2.08. The smallest absolute Gasteiger partial charge is 0.166 e. The van der Waals surface area contributed by atoms with E-state index in [-0.39, 0.29) is 22.2 Å². The molecule has 0 radical (unpaired) electrons. The highest BCUT2D eigenvalue weighted by Gasteiger charge is 2.21. The third-order valence-corrected chi connectivity index (χ3v) is 3.61. The number of nitrogen functional groups attached to an aromatic ring is 1. The SMILES string of the molecule is CC(C)COc1cnc(N)c(OC(C)c2c(F)ccc(F)c2Cl)c1. The lowest BCUT2D eigenvalue weighted by atomic mass is 10.1. The minimum atomic E-state index is -0.863. The molecule has 0 aliphatic carbocycles. The maximum atomic E-state index is 14.0. The molecule has 0 spiro atoms. The van der Waals surface area contributed by atoms with Crippen LogP contribution in [0.3, 0.4) is 0 Å². The van der Waals surface area contributed by atoms with Gasteiger partial charge >= 0.3 is 0 Å². The van der Waals surface area contributed by atoms with Crippen molar-refractivity contribution in [3.63, 3.8) is 0 Å². The van der Waals surface area contributed by atoms with E-state index in [1.165, 1.54) is 6.20 Å². The number of anilines is 1. The molecule has 2 N–H and O–H groups in total. The first kappa shape index (κ1) is 18.3. The van der Waals surface area contributed by atoms with Crippen LogP contribution in [0, 0.1) is 17.6 Å². The predicted molar refractivity (Wildman–Crippen MR) is 89.4 cm³/mol. The lowest BCUT2D eigenvalue weighted by Crippen LogP contribution is -2.10. The molecule has 7 heteroatoms. The Balaban J connectivity index is 2.24. The van der Waals surface area contributed by atoms with E-state index >= 15 is 0 Å². The highest BCUT2D eigenvalue weighted by Crippen LogP contribution is 2.34. The first-order valence-corrected chi connectivity index (χ1v) is 7.85. The lowest BCUT2D eigenvalue weighted by Gasteiger charge is -2.19. The summed E-state index contributed by atoms with van der Waals surface area (Å²) in [6.07, 6.45) is 0.614. The van der Waals surface area contributed by atoms with Gasteiger partial charge in [0.2, 0.25) is 0 Å². The summed E-state index contributed by atoms with van der Waals surface area (Å²) in [5.41, 5.74) is 5.71. The van der Waals surface area contributed by atoms with E-state index in [0.29, 0.717) is 18.3 Å². The molecule has 1 unspecified atom stereocenters. The van der Waals surface area contributed by atoms with E-state index in [1.807, 2.05) is 13.8 Å². The molecule has 0 amide bonds. The molecule has 0 aliphatic heterocycles. The first-order valence-electron chi connectivity index (χ1n) is 7.48. The lowest BCUT2D eigenvalue weighted by molar-refractivity contribution is 0.218. The van der Waals surface area contributed by atoms with E-state index in [1.54, 1.807) is 13.0 Å². The van der Waals surface area contributed by atoms with Gasteiger partial charge < -0.3 is 15.2 Å². The van der Waals surface area contributed by atoms with Crippen molar-refractivity contribution in [3.8, 4) is 11.5 Å². The average molecular weight is 357 g/mol. The van der Waals surface area contributed by atoms with Gasteiger partial charge in [-0.15, -0.1) is 0 Å². The molecule has 1 aromatic carbocycles. The third kappa shape index (κ3) is 4.26. The zero-order valence-electron chi connectivity index (χ0n) is 13.6. The van der Waals surface area contributed by atoms with Crippen molar-refractivity contribution >= 4 is 17.4 Å². The minimum Gasteiger partial charge on any atom is -0.492 e. The van der Waals surface area contributed by atoms with Gasteiger partial charge in [0, 0.05) is 11.6 Å². The predicted octanol–water partition coefficient (Wildman–Crippen LogP) is 4.77. The quantitative estimate of drug-likeness (QED) is 0.757. The summed E-state index contributed by atoms with van der Waals surface area (Å²) < 4.78 is 38.7. The van der Waals surface area contributed by atoms with E-state index in [9.17, 15) is 8.78 Å². The molecule has 1 atom stereocenters. The number of benzene rings is 1. The molecule has 130 valence electrons. The van der Waals surface area contributed by atoms with Crippen molar-refractivity contribution in [1.82, 2.24) is 4.98 Å². The summed E-state index contributed by atoms with van der Waals surface area (Å²) in [6, 6.07) is 3.52. The molecule has 1 heterocycles. The summed E-state index contributed by atoms with van der Waals surface area (Å²) in [5, 5.41) is -0.318. The van der Waals surface area contributed by atoms with Crippen LogP contribution < -0.4 is 15.2 Å². The zero-order valence-corrected chi connectivity index (χ0v) is 14.4. The van der Waals surface area contributed by atoms with E-state index in [0.717, 1.165) is 12.1 Å². The van der Waals surface area contributed by atoms with Crippen LogP contribution in [0.5, 0.6) is 11.5 Å². The molecular weight excluding hydrogens is 338 g/mol. The number of halogens is 3. The maximum Gasteiger partial charge on any atom is 0.166 e. The van der Waals surface area contributed by atoms with Gasteiger partial charge in [-0.1, -0.05) is 25.4 Å². The molecule has 1 aromatic heterocycles. The standard InChI is InChI=1S/C17H19ClF2N2O2/c1-9(2)8-23-11-6-14(17(21)22-7-11)24-10(3)15-12(19)4-5-13(20)16(15)18/h4-7,9-10H,8H2,1-3H3,(H2,21,22). The summed E-state index contributed by atoms with van der Waals surface area (Å²) in [6.45, 7) is 6.08. The Morgan fingerprint density at radius 3 is 2.54 bits per heavy atom. The highest BCUT2D eigenvalue weighted by atomic mass is 35.5. The monoisotopic (exact) mass is 356 g/mol. The maximum absolute atomic E-state index is 14.0. The summed E-state index contributed by atoms with van der Waals surface area (Å²) in [5.74, 6) is -0.233. The second kappa shape index (κ2) is 7.66. The molecule has 0 aliphatic rings. The van der Waals surface area contributed by atoms with Crippen molar-refractivity contribution in [2.45, 2.75) is 26.9 Å². The van der Waals surface area contributed by atoms with Gasteiger partial charge in [0.05, 0.1) is 17.8 Å². The number of pyridine rings is 1. The molecule has 0 saturated carbocycles. The Bertz CT molecular complexity index is 726. The van der Waals surface area contributed by atoms with Gasteiger partial charge in [0.25, 0.3) is 0 Å². The van der Waals surface area contributed by atoms with Crippen LogP contribution in [-0.2, 0) is 0 Å². The number of nitrogens with two attached hydrogens (primary N) is 1. The van der Waals surface area contributed by atoms with Crippen molar-refractivity contribution in [2.75, 3.05) is 12.3 Å². The largest absolute Gasteiger partial charge is 0.492 e. The molecule has 0 saturated heterocycles. The minimum absolute atomic E-state index is 0.0791. The van der Waals surface area contributed by atoms with Crippen molar-refractivity contribution in [3.05, 3.63) is 46.6 Å². The fourth-order valence-corrected chi connectivity index (χ4v) is 2.35. The summed E-state index contributed by atoms with van der Waals surface area (Å²) in [7, 11) is 0. The van der Waals surface area contributed by atoms with Crippen molar-refractivity contribution in [2.24, 2.45) is 5.92 Å². The van der Waals surface area contributed by atoms with Crippen LogP contribution in [0.2, 0.25) is 5.02 Å². The molecule has 0 fully saturated rings. The number of ether oxygens (including phenoxy) is 2. The molecular formula is C17H19ClF2N2O2. The topological polar surface area (TPSA) is 57.4 Å². The van der Waals surface area contributed by atoms with Gasteiger partial charge in [-0.05, 0) is 25.0 Å². The second-order valence-electron chi connectivity index (χ2n) is 5.78. The number of hydrogen-bond donors (Lipinski definition) is 1. The van der Waals surface area contributed by atoms with Crippen LogP contribution in [-0.4, -0.2) is 11.6 Å². The summed E-state index contributed by atoms with van der Waals surface area (Å²) in [4.78, 5) is 3.99. The molecule has 0 bridgehead atoms. The van der Waals surface area contributed by atoms with E-state index < -0.39 is 17.7 Å². The Kier molecular flexibility index (Phi) is 5.83. The number of aromatic nitrogens is 1. The number of hydrogen-bond acceptors (Lipinski definition) is 4. The van der Waals surface area contributed by atoms with Crippen LogP contribution in [0.25, 0.3) is 0 Å². The first-order chi connectivity index (χ1) is 11.3. The van der Waals surface area contributed by atoms with Crippen LogP contribution in [0.4, 0.5) is 14.6 Å². The van der Waals surface area contributed by atoms with Crippen molar-refractivity contribution in [1.29, 1.82) is 0 Å². The molecule has 2 aromatic rings. The summed E-state index contributed by atoms with van der Waals surface area (Å²) >= 11 is 5.85. The average Bonchev–Trinajstić information content (AvgIpc) is 2.52. The highest BCUT2D eigenvalue weighted by molar-refractivity contribution is 6.31. The second-order valence-corrected chi connectivity index (χ2v) is 6.15. The van der Waals surface area contributed by atoms with Gasteiger partial charge in [0.15, 0.2) is 11.6 Å². The fraction of sp³-hybridized carbons (Fsp3) is 0.353. The molecule has 4 nitrogen and oxygen atoms in total. The fourth-order valence-electron chi connectivity index (χ4n) is 2.04. The Labute approximate surface area is 144 Å². The normalized spacial score (nSPS) is 12.3. The Morgan fingerprint density at radius 1 is 1.21 bits per heavy atom. The van der Waals surface area contributed by atoms with Crippen molar-refractivity contribution < 1.29 is 18.3 Å². The number of rotatable bonds is 6. The zero-order chi connectivity index (χ0) is 17.9. The van der Waals surface area contributed by atoms with Crippen LogP contribution in [0.15, 0.2) is 24.4 Å². The molecule has 24 heavy (non-hydrogen) atoms. The van der Waals surface area contributed by atoms with Gasteiger partial charge in [-0.25, -0.2) is 13.8 Å². The van der Waals surface area contributed by atoms with E-state index in [2.05, 4.69) is 4.98 Å². The van der Waals surface area contributed by atoms with Gasteiger partial charge in [0.1, 0.15) is 23.5 Å². The van der Waals surface area contributed by atoms with Gasteiger partial charge in [-0.3, -0.25) is 0 Å². The third-order valence-electron chi connectivity index (χ3n) is 3.23. The van der Waals surface area contributed by atoms with E-state index in [4.69, 9.17) is 26.8 Å².